The van der Waals surface area contributed by atoms with Crippen LogP contribution in [-0.2, 0) is 9.59 Å². The first kappa shape index (κ1) is 22.0. The first-order valence-corrected chi connectivity index (χ1v) is 13.1. The Morgan fingerprint density at radius 2 is 1.69 bits per heavy atom. The van der Waals surface area contributed by atoms with E-state index in [9.17, 15) is 9.59 Å². The maximum Gasteiger partial charge on any atom is 0.285 e. The molecule has 5 nitrogen and oxygen atoms in total. The molecule has 1 N–H and O–H groups in total. The second-order valence-corrected chi connectivity index (χ2v) is 11.6. The highest BCUT2D eigenvalue weighted by molar-refractivity contribution is 8.26. The summed E-state index contributed by atoms with van der Waals surface area (Å²) in [6.07, 6.45) is 8.61. The van der Waals surface area contributed by atoms with Crippen LogP contribution in [0.25, 0.3) is 6.08 Å². The van der Waals surface area contributed by atoms with Crippen LogP contribution >= 0.6 is 24.0 Å². The summed E-state index contributed by atoms with van der Waals surface area (Å²) in [7, 11) is 0. The summed E-state index contributed by atoms with van der Waals surface area (Å²) in [5.74, 6) is 1.80. The molecule has 0 unspecified atom stereocenters. The fourth-order valence-corrected chi connectivity index (χ4v) is 7.87. The predicted octanol–water partition coefficient (Wildman–Crippen LogP) is 4.98. The van der Waals surface area contributed by atoms with Crippen LogP contribution in [0.4, 0.5) is 5.69 Å². The third kappa shape index (κ3) is 3.87. The third-order valence-corrected chi connectivity index (χ3v) is 9.15. The maximum atomic E-state index is 13.4. The molecule has 1 saturated heterocycles. The highest BCUT2D eigenvalue weighted by atomic mass is 32.2. The molecule has 0 radical (unpaired) electrons. The Morgan fingerprint density at radius 1 is 1.12 bits per heavy atom. The zero-order valence-corrected chi connectivity index (χ0v) is 20.4. The Balaban J connectivity index is 1.28. The van der Waals surface area contributed by atoms with Crippen molar-refractivity contribution in [2.45, 2.75) is 52.4 Å². The number of nitrogens with zero attached hydrogens (tertiary/aromatic N) is 2. The summed E-state index contributed by atoms with van der Waals surface area (Å²) < 4.78 is 0.402. The Kier molecular flexibility index (Phi) is 5.82. The minimum atomic E-state index is -0.304. The van der Waals surface area contributed by atoms with Crippen molar-refractivity contribution < 1.29 is 9.59 Å². The summed E-state index contributed by atoms with van der Waals surface area (Å²) in [5, 5.41) is 1.30. The second-order valence-electron chi connectivity index (χ2n) is 9.92. The summed E-state index contributed by atoms with van der Waals surface area (Å²) in [6.45, 7) is 6.19. The van der Waals surface area contributed by atoms with Crippen LogP contribution in [0, 0.1) is 23.2 Å². The molecule has 5 fully saturated rings. The van der Waals surface area contributed by atoms with E-state index in [0.717, 1.165) is 37.9 Å². The van der Waals surface area contributed by atoms with E-state index in [-0.39, 0.29) is 17.2 Å². The smallest absolute Gasteiger partial charge is 0.285 e. The SMILES string of the molecule is CCN(CC)c1ccc(/C=C2/SC(=S)N(NC(=O)C34CC5CC(CC(C5)C3)C4)C2=O)cc1. The van der Waals surface area contributed by atoms with Crippen LogP contribution in [0.3, 0.4) is 0 Å². The summed E-state index contributed by atoms with van der Waals surface area (Å²) in [5.41, 5.74) is 4.74. The van der Waals surface area contributed by atoms with E-state index in [2.05, 4.69) is 36.3 Å². The molecule has 1 heterocycles. The lowest BCUT2D eigenvalue weighted by Gasteiger charge is -2.55. The van der Waals surface area contributed by atoms with Crippen LogP contribution in [0.15, 0.2) is 29.2 Å². The lowest BCUT2D eigenvalue weighted by atomic mass is 9.49. The monoisotopic (exact) mass is 469 g/mol. The minimum absolute atomic E-state index is 0.00211. The quantitative estimate of drug-likeness (QED) is 0.470. The Morgan fingerprint density at radius 3 is 2.22 bits per heavy atom. The van der Waals surface area contributed by atoms with Crippen molar-refractivity contribution in [3.05, 3.63) is 34.7 Å². The van der Waals surface area contributed by atoms with Gasteiger partial charge in [0.1, 0.15) is 0 Å². The predicted molar refractivity (Wildman–Crippen MR) is 134 cm³/mol. The van der Waals surface area contributed by atoms with E-state index in [1.807, 2.05) is 18.2 Å². The molecule has 4 bridgehead atoms. The van der Waals surface area contributed by atoms with Crippen molar-refractivity contribution in [3.8, 4) is 0 Å². The zero-order valence-electron chi connectivity index (χ0n) is 18.8. The number of amides is 2. The van der Waals surface area contributed by atoms with Crippen molar-refractivity contribution in [2.24, 2.45) is 23.2 Å². The largest absolute Gasteiger partial charge is 0.372 e. The lowest BCUT2D eigenvalue weighted by Crippen LogP contribution is -2.57. The van der Waals surface area contributed by atoms with E-state index in [4.69, 9.17) is 12.2 Å². The van der Waals surface area contributed by atoms with Crippen LogP contribution in [-0.4, -0.2) is 34.2 Å². The zero-order chi connectivity index (χ0) is 22.5. The number of hydrogen-bond acceptors (Lipinski definition) is 5. The molecule has 1 aliphatic heterocycles. The highest BCUT2D eigenvalue weighted by Gasteiger charge is 2.55. The number of thioether (sulfide) groups is 1. The third-order valence-electron chi connectivity index (χ3n) is 7.85. The summed E-state index contributed by atoms with van der Waals surface area (Å²) >= 11 is 6.72. The topological polar surface area (TPSA) is 52.6 Å². The first-order valence-electron chi connectivity index (χ1n) is 11.8. The van der Waals surface area contributed by atoms with Crippen molar-refractivity contribution in [1.29, 1.82) is 0 Å². The van der Waals surface area contributed by atoms with Crippen LogP contribution in [0.5, 0.6) is 0 Å². The van der Waals surface area contributed by atoms with Gasteiger partial charge in [0.05, 0.1) is 10.3 Å². The Hall–Kier alpha value is -1.86. The number of thiocarbonyl (C=S) groups is 1. The molecule has 4 aliphatic carbocycles. The van der Waals surface area contributed by atoms with Gasteiger partial charge in [-0.25, -0.2) is 0 Å². The van der Waals surface area contributed by atoms with Gasteiger partial charge in [-0.1, -0.05) is 23.9 Å². The molecule has 1 aromatic carbocycles. The molecule has 6 rings (SSSR count). The van der Waals surface area contributed by atoms with Crippen LogP contribution < -0.4 is 10.3 Å². The number of anilines is 1. The molecule has 2 amide bonds. The van der Waals surface area contributed by atoms with Gasteiger partial charge in [0.25, 0.3) is 5.91 Å². The number of rotatable bonds is 6. The van der Waals surface area contributed by atoms with Gasteiger partial charge in [0.2, 0.25) is 5.91 Å². The van der Waals surface area contributed by atoms with Gasteiger partial charge in [-0.05, 0) is 106 Å². The molecule has 5 aliphatic rings. The van der Waals surface area contributed by atoms with E-state index < -0.39 is 0 Å². The first-order chi connectivity index (χ1) is 15.4. The number of carbonyl (C=O) groups is 2. The number of nitrogens with one attached hydrogen (secondary N) is 1. The molecule has 170 valence electrons. The Labute approximate surface area is 199 Å². The van der Waals surface area contributed by atoms with E-state index in [1.54, 1.807) is 0 Å². The van der Waals surface area contributed by atoms with Gasteiger partial charge in [0.15, 0.2) is 4.32 Å². The number of carbonyl (C=O) groups excluding carboxylic acids is 2. The number of hydrazine groups is 1. The average molecular weight is 470 g/mol. The average Bonchev–Trinajstić information content (AvgIpc) is 3.02. The van der Waals surface area contributed by atoms with Crippen molar-refractivity contribution in [1.82, 2.24) is 10.4 Å². The molecule has 0 atom stereocenters. The molecule has 0 aromatic heterocycles. The lowest BCUT2D eigenvalue weighted by molar-refractivity contribution is -0.152. The standard InChI is InChI=1S/C25H31N3O2S2/c1-3-27(4-2)20-7-5-16(6-8-20)12-21-22(29)28(24(31)32-21)26-23(30)25-13-17-9-18(14-25)11-19(10-17)15-25/h5-8,12,17-19H,3-4,9-11,13-15H2,1-2H3,(H,26,30)/b21-12+. The normalized spacial score (nSPS) is 32.1. The fraction of sp³-hybridized carbons (Fsp3) is 0.560. The van der Waals surface area contributed by atoms with Crippen LogP contribution in [0.2, 0.25) is 0 Å². The summed E-state index contributed by atoms with van der Waals surface area (Å²) in [6, 6.07) is 8.20. The van der Waals surface area contributed by atoms with E-state index in [0.29, 0.717) is 27.0 Å². The van der Waals surface area contributed by atoms with Crippen molar-refractivity contribution in [2.75, 3.05) is 18.0 Å². The minimum Gasteiger partial charge on any atom is -0.372 e. The van der Waals surface area contributed by atoms with E-state index in [1.165, 1.54) is 41.7 Å². The van der Waals surface area contributed by atoms with Gasteiger partial charge in [-0.15, -0.1) is 0 Å². The summed E-state index contributed by atoms with van der Waals surface area (Å²) in [4.78, 5) is 29.3. The van der Waals surface area contributed by atoms with Gasteiger partial charge in [-0.3, -0.25) is 15.0 Å². The molecule has 4 saturated carbocycles. The Bertz CT molecular complexity index is 933. The van der Waals surface area contributed by atoms with Gasteiger partial charge in [0, 0.05) is 18.8 Å². The highest BCUT2D eigenvalue weighted by Crippen LogP contribution is 2.60. The number of hydrogen-bond donors (Lipinski definition) is 1. The van der Waals surface area contributed by atoms with E-state index >= 15 is 0 Å². The van der Waals surface area contributed by atoms with Crippen molar-refractivity contribution in [3.63, 3.8) is 0 Å². The van der Waals surface area contributed by atoms with Crippen LogP contribution in [0.1, 0.15) is 57.9 Å². The molecular formula is C25H31N3O2S2. The molecule has 7 heteroatoms. The molecule has 32 heavy (non-hydrogen) atoms. The molecular weight excluding hydrogens is 438 g/mol. The van der Waals surface area contributed by atoms with Gasteiger partial charge >= 0.3 is 0 Å². The van der Waals surface area contributed by atoms with Crippen molar-refractivity contribution >= 4 is 51.9 Å². The van der Waals surface area contributed by atoms with Gasteiger partial charge in [-0.2, -0.15) is 5.01 Å². The second kappa shape index (κ2) is 8.49. The molecule has 0 spiro atoms. The fourth-order valence-electron chi connectivity index (χ4n) is 6.69. The molecule has 1 aromatic rings. The van der Waals surface area contributed by atoms with Gasteiger partial charge < -0.3 is 4.90 Å². The maximum absolute atomic E-state index is 13.4. The number of benzene rings is 1.